The zero-order chi connectivity index (χ0) is 13.8. The number of nitrogens with two attached hydrogens (primary N) is 1. The minimum absolute atomic E-state index is 0.0252. The number of hydrogen-bond acceptors (Lipinski definition) is 6. The lowest BCUT2D eigenvalue weighted by Gasteiger charge is -2.14. The molecule has 1 aromatic heterocycles. The highest BCUT2D eigenvalue weighted by Crippen LogP contribution is 2.30. The highest BCUT2D eigenvalue weighted by Gasteiger charge is 2.17. The summed E-state index contributed by atoms with van der Waals surface area (Å²) < 4.78 is 12.2. The van der Waals surface area contributed by atoms with E-state index in [1.54, 1.807) is 31.0 Å². The fourth-order valence-corrected chi connectivity index (χ4v) is 1.87. The molecule has 0 amide bonds. The Balaban J connectivity index is 2.45. The Kier molecular flexibility index (Phi) is 3.96. The molecule has 2 N–H and O–H groups in total. The molecule has 7 nitrogen and oxygen atoms in total. The van der Waals surface area contributed by atoms with Gasteiger partial charge in [0, 0.05) is 18.9 Å². The van der Waals surface area contributed by atoms with Crippen LogP contribution < -0.4 is 10.5 Å². The van der Waals surface area contributed by atoms with Gasteiger partial charge in [-0.25, -0.2) is 4.68 Å². The molecule has 0 aliphatic rings. The monoisotopic (exact) mass is 263 g/mol. The molecule has 0 aliphatic carbocycles. The molecular formula is C12H17N5O2. The summed E-state index contributed by atoms with van der Waals surface area (Å²) in [4.78, 5) is 0. The zero-order valence-corrected chi connectivity index (χ0v) is 11.2. The molecular weight excluding hydrogens is 246 g/mol. The largest absolute Gasteiger partial charge is 0.496 e. The second-order valence-electron chi connectivity index (χ2n) is 4.21. The lowest BCUT2D eigenvalue weighted by molar-refractivity contribution is 0.156. The summed E-state index contributed by atoms with van der Waals surface area (Å²) in [6.45, 7) is 2.50. The Morgan fingerprint density at radius 1 is 1.37 bits per heavy atom. The molecule has 0 bridgehead atoms. The van der Waals surface area contributed by atoms with E-state index in [4.69, 9.17) is 15.2 Å². The van der Waals surface area contributed by atoms with E-state index in [-0.39, 0.29) is 6.04 Å². The maximum atomic E-state index is 5.74. The van der Waals surface area contributed by atoms with Gasteiger partial charge in [-0.1, -0.05) is 0 Å². The molecule has 1 atom stereocenters. The van der Waals surface area contributed by atoms with E-state index >= 15 is 0 Å². The minimum Gasteiger partial charge on any atom is -0.496 e. The van der Waals surface area contributed by atoms with Crippen molar-refractivity contribution in [3.63, 3.8) is 0 Å². The Labute approximate surface area is 111 Å². The van der Waals surface area contributed by atoms with Crippen LogP contribution in [0.3, 0.4) is 0 Å². The van der Waals surface area contributed by atoms with Crippen molar-refractivity contribution in [1.29, 1.82) is 0 Å². The second kappa shape index (κ2) is 5.66. The number of methoxy groups -OCH3 is 2. The molecule has 0 aliphatic heterocycles. The summed E-state index contributed by atoms with van der Waals surface area (Å²) >= 11 is 0. The Bertz CT molecular complexity index is 555. The van der Waals surface area contributed by atoms with E-state index in [0.29, 0.717) is 23.9 Å². The van der Waals surface area contributed by atoms with Gasteiger partial charge in [-0.15, -0.1) is 5.10 Å². The third-order valence-electron chi connectivity index (χ3n) is 2.78. The molecule has 2 aromatic rings. The fraction of sp³-hybridized carbons (Fsp3) is 0.417. The summed E-state index contributed by atoms with van der Waals surface area (Å²) in [5.74, 6) is 1.27. The summed E-state index contributed by atoms with van der Waals surface area (Å²) in [6, 6.07) is 5.40. The van der Waals surface area contributed by atoms with Crippen LogP contribution in [-0.4, -0.2) is 41.0 Å². The van der Waals surface area contributed by atoms with E-state index in [2.05, 4.69) is 15.5 Å². The number of ether oxygens (including phenoxy) is 2. The summed E-state index contributed by atoms with van der Waals surface area (Å²) in [5.41, 5.74) is 7.17. The molecule has 1 unspecified atom stereocenters. The van der Waals surface area contributed by atoms with Gasteiger partial charge >= 0.3 is 0 Å². The maximum Gasteiger partial charge on any atom is 0.186 e. The number of aromatic nitrogens is 4. The third-order valence-corrected chi connectivity index (χ3v) is 2.78. The summed E-state index contributed by atoms with van der Waals surface area (Å²) in [6.07, 6.45) is 0. The molecule has 0 radical (unpaired) electrons. The van der Waals surface area contributed by atoms with Crippen molar-refractivity contribution in [3.05, 3.63) is 18.2 Å². The lowest BCUT2D eigenvalue weighted by Crippen LogP contribution is -2.14. The van der Waals surface area contributed by atoms with Gasteiger partial charge in [0.2, 0.25) is 0 Å². The number of anilines is 1. The van der Waals surface area contributed by atoms with Gasteiger partial charge in [0.05, 0.1) is 25.3 Å². The summed E-state index contributed by atoms with van der Waals surface area (Å²) in [7, 11) is 3.23. The number of benzene rings is 1. The molecule has 0 saturated heterocycles. The SMILES string of the molecule is COCC(C)n1nnnc1-c1ccc(N)cc1OC. The Morgan fingerprint density at radius 2 is 2.16 bits per heavy atom. The van der Waals surface area contributed by atoms with Gasteiger partial charge < -0.3 is 15.2 Å². The molecule has 1 aromatic carbocycles. The fourth-order valence-electron chi connectivity index (χ4n) is 1.87. The first-order chi connectivity index (χ1) is 9.17. The van der Waals surface area contributed by atoms with Crippen LogP contribution in [0.1, 0.15) is 13.0 Å². The van der Waals surface area contributed by atoms with Gasteiger partial charge in [0.25, 0.3) is 0 Å². The van der Waals surface area contributed by atoms with E-state index < -0.39 is 0 Å². The second-order valence-corrected chi connectivity index (χ2v) is 4.21. The van der Waals surface area contributed by atoms with Gasteiger partial charge in [-0.2, -0.15) is 0 Å². The van der Waals surface area contributed by atoms with Crippen molar-refractivity contribution >= 4 is 5.69 Å². The smallest absolute Gasteiger partial charge is 0.186 e. The number of nitrogens with zero attached hydrogens (tertiary/aromatic N) is 4. The predicted octanol–water partition coefficient (Wildman–Crippen LogP) is 1.14. The van der Waals surface area contributed by atoms with E-state index in [1.807, 2.05) is 13.0 Å². The average molecular weight is 263 g/mol. The normalized spacial score (nSPS) is 12.4. The highest BCUT2D eigenvalue weighted by molar-refractivity contribution is 5.67. The number of rotatable bonds is 5. The number of nitrogen functional groups attached to an aromatic ring is 1. The first-order valence-electron chi connectivity index (χ1n) is 5.88. The summed E-state index contributed by atoms with van der Waals surface area (Å²) in [5, 5.41) is 11.8. The van der Waals surface area contributed by atoms with E-state index in [0.717, 1.165) is 5.56 Å². The van der Waals surface area contributed by atoms with Crippen LogP contribution in [0, 0.1) is 0 Å². The van der Waals surface area contributed by atoms with Crippen molar-refractivity contribution in [2.45, 2.75) is 13.0 Å². The molecule has 19 heavy (non-hydrogen) atoms. The van der Waals surface area contributed by atoms with Crippen LogP contribution in [-0.2, 0) is 4.74 Å². The molecule has 0 saturated carbocycles. The van der Waals surface area contributed by atoms with Crippen molar-refractivity contribution in [3.8, 4) is 17.1 Å². The molecule has 7 heteroatoms. The third kappa shape index (κ3) is 2.65. The molecule has 0 spiro atoms. The van der Waals surface area contributed by atoms with Crippen LogP contribution in [0.5, 0.6) is 5.75 Å². The van der Waals surface area contributed by atoms with Crippen LogP contribution in [0.25, 0.3) is 11.4 Å². The van der Waals surface area contributed by atoms with Crippen molar-refractivity contribution < 1.29 is 9.47 Å². The first kappa shape index (κ1) is 13.3. The van der Waals surface area contributed by atoms with Crippen molar-refractivity contribution in [1.82, 2.24) is 20.2 Å². The Hall–Kier alpha value is -2.15. The average Bonchev–Trinajstić information content (AvgIpc) is 2.88. The first-order valence-corrected chi connectivity index (χ1v) is 5.88. The zero-order valence-electron chi connectivity index (χ0n) is 11.2. The highest BCUT2D eigenvalue weighted by atomic mass is 16.5. The van der Waals surface area contributed by atoms with Gasteiger partial charge in [-0.3, -0.25) is 0 Å². The number of hydrogen-bond donors (Lipinski definition) is 1. The quantitative estimate of drug-likeness (QED) is 0.814. The van der Waals surface area contributed by atoms with Gasteiger partial charge in [0.1, 0.15) is 5.75 Å². The van der Waals surface area contributed by atoms with Crippen LogP contribution in [0.2, 0.25) is 0 Å². The minimum atomic E-state index is 0.0252. The lowest BCUT2D eigenvalue weighted by atomic mass is 10.1. The van der Waals surface area contributed by atoms with E-state index in [9.17, 15) is 0 Å². The topological polar surface area (TPSA) is 88.1 Å². The van der Waals surface area contributed by atoms with Crippen molar-refractivity contribution in [2.24, 2.45) is 0 Å². The van der Waals surface area contributed by atoms with Crippen LogP contribution in [0.15, 0.2) is 18.2 Å². The predicted molar refractivity (Wildman–Crippen MR) is 70.8 cm³/mol. The maximum absolute atomic E-state index is 5.74. The van der Waals surface area contributed by atoms with Gasteiger partial charge in [0.15, 0.2) is 5.82 Å². The van der Waals surface area contributed by atoms with E-state index in [1.165, 1.54) is 0 Å². The van der Waals surface area contributed by atoms with Crippen LogP contribution >= 0.6 is 0 Å². The Morgan fingerprint density at radius 3 is 2.84 bits per heavy atom. The molecule has 102 valence electrons. The van der Waals surface area contributed by atoms with Gasteiger partial charge in [-0.05, 0) is 29.5 Å². The molecule has 0 fully saturated rings. The standard InChI is InChI=1S/C12H17N5O2/c1-8(7-18-2)17-12(14-15-16-17)10-5-4-9(13)6-11(10)19-3/h4-6,8H,7,13H2,1-3H3. The van der Waals surface area contributed by atoms with Crippen molar-refractivity contribution in [2.75, 3.05) is 26.6 Å². The number of tetrazole rings is 1. The molecule has 2 rings (SSSR count). The molecule has 1 heterocycles. The van der Waals surface area contributed by atoms with Crippen LogP contribution in [0.4, 0.5) is 5.69 Å².